The van der Waals surface area contributed by atoms with Crippen molar-refractivity contribution in [2.45, 2.75) is 39.2 Å². The highest BCUT2D eigenvalue weighted by Crippen LogP contribution is 2.22. The van der Waals surface area contributed by atoms with Gasteiger partial charge in [-0.05, 0) is 49.5 Å². The summed E-state index contributed by atoms with van der Waals surface area (Å²) in [5.74, 6) is 0.975. The number of likely N-dealkylation sites (tertiary alicyclic amines) is 1. The molecule has 0 bridgehead atoms. The van der Waals surface area contributed by atoms with Crippen molar-refractivity contribution in [2.24, 2.45) is 5.92 Å². The lowest BCUT2D eigenvalue weighted by Gasteiger charge is -2.31. The molecule has 2 N–H and O–H groups in total. The normalized spacial score (nSPS) is 18.4. The second kappa shape index (κ2) is 6.06. The van der Waals surface area contributed by atoms with Crippen LogP contribution in [0.15, 0.2) is 24.3 Å². The second-order valence-electron chi connectivity index (χ2n) is 5.25. The second-order valence-corrected chi connectivity index (χ2v) is 5.25. The van der Waals surface area contributed by atoms with E-state index in [-0.39, 0.29) is 0 Å². The number of hydrogen-bond donors (Lipinski definition) is 1. The Morgan fingerprint density at radius 3 is 2.41 bits per heavy atom. The number of rotatable bonds is 4. The maximum Gasteiger partial charge on any atom is 0.0314 e. The van der Waals surface area contributed by atoms with Crippen molar-refractivity contribution in [3.63, 3.8) is 0 Å². The standard InChI is InChI=1S/C15H24N2/c1-2-3-13-8-10-17(11-9-13)12-14-4-6-15(16)7-5-14/h4-7,13H,2-3,8-12,16H2,1H3. The lowest BCUT2D eigenvalue weighted by atomic mass is 9.92. The van der Waals surface area contributed by atoms with E-state index in [4.69, 9.17) is 5.73 Å². The molecule has 1 aliphatic heterocycles. The van der Waals surface area contributed by atoms with Gasteiger partial charge < -0.3 is 5.73 Å². The lowest BCUT2D eigenvalue weighted by molar-refractivity contribution is 0.172. The number of nitrogens with zero attached hydrogens (tertiary/aromatic N) is 1. The van der Waals surface area contributed by atoms with Crippen molar-refractivity contribution in [1.82, 2.24) is 4.90 Å². The van der Waals surface area contributed by atoms with Crippen LogP contribution in [0.25, 0.3) is 0 Å². The first-order valence-corrected chi connectivity index (χ1v) is 6.84. The third kappa shape index (κ3) is 3.74. The Hall–Kier alpha value is -1.02. The molecule has 1 heterocycles. The molecule has 94 valence electrons. The summed E-state index contributed by atoms with van der Waals surface area (Å²) in [7, 11) is 0. The molecule has 0 atom stereocenters. The number of piperidine rings is 1. The van der Waals surface area contributed by atoms with Gasteiger partial charge in [0.25, 0.3) is 0 Å². The van der Waals surface area contributed by atoms with Crippen LogP contribution in [0.4, 0.5) is 5.69 Å². The number of nitrogen functional groups attached to an aromatic ring is 1. The molecule has 1 aromatic carbocycles. The van der Waals surface area contributed by atoms with Crippen LogP contribution in [0.5, 0.6) is 0 Å². The van der Waals surface area contributed by atoms with E-state index in [1.807, 2.05) is 12.1 Å². The monoisotopic (exact) mass is 232 g/mol. The number of hydrogen-bond acceptors (Lipinski definition) is 2. The van der Waals surface area contributed by atoms with Crippen LogP contribution in [0.3, 0.4) is 0 Å². The highest BCUT2D eigenvalue weighted by molar-refractivity contribution is 5.39. The summed E-state index contributed by atoms with van der Waals surface area (Å²) in [5, 5.41) is 0. The Morgan fingerprint density at radius 1 is 1.18 bits per heavy atom. The van der Waals surface area contributed by atoms with Crippen LogP contribution in [-0.4, -0.2) is 18.0 Å². The Balaban J connectivity index is 1.79. The molecule has 1 aromatic rings. The first-order chi connectivity index (χ1) is 8.28. The quantitative estimate of drug-likeness (QED) is 0.807. The summed E-state index contributed by atoms with van der Waals surface area (Å²) >= 11 is 0. The Morgan fingerprint density at radius 2 is 1.82 bits per heavy atom. The highest BCUT2D eigenvalue weighted by Gasteiger charge is 2.18. The van der Waals surface area contributed by atoms with Crippen molar-refractivity contribution in [2.75, 3.05) is 18.8 Å². The van der Waals surface area contributed by atoms with Gasteiger partial charge in [-0.3, -0.25) is 4.90 Å². The van der Waals surface area contributed by atoms with Crippen molar-refractivity contribution >= 4 is 5.69 Å². The summed E-state index contributed by atoms with van der Waals surface area (Å²) in [6.45, 7) is 5.89. The van der Waals surface area contributed by atoms with Crippen molar-refractivity contribution in [3.8, 4) is 0 Å². The van der Waals surface area contributed by atoms with Gasteiger partial charge in [0.1, 0.15) is 0 Å². The van der Waals surface area contributed by atoms with Gasteiger partial charge in [-0.25, -0.2) is 0 Å². The summed E-state index contributed by atoms with van der Waals surface area (Å²) in [4.78, 5) is 2.57. The average Bonchev–Trinajstić information content (AvgIpc) is 2.35. The van der Waals surface area contributed by atoms with Crippen LogP contribution >= 0.6 is 0 Å². The zero-order valence-corrected chi connectivity index (χ0v) is 10.9. The van der Waals surface area contributed by atoms with Crippen molar-refractivity contribution < 1.29 is 0 Å². The summed E-state index contributed by atoms with van der Waals surface area (Å²) < 4.78 is 0. The minimum absolute atomic E-state index is 0.857. The van der Waals surface area contributed by atoms with Crippen LogP contribution in [0.1, 0.15) is 38.2 Å². The molecule has 0 radical (unpaired) electrons. The third-order valence-corrected chi connectivity index (χ3v) is 3.79. The Bertz CT molecular complexity index is 323. The van der Waals surface area contributed by atoms with Crippen LogP contribution in [0.2, 0.25) is 0 Å². The lowest BCUT2D eigenvalue weighted by Crippen LogP contribution is -2.33. The molecule has 2 rings (SSSR count). The van der Waals surface area contributed by atoms with E-state index >= 15 is 0 Å². The Labute approximate surface area is 105 Å². The minimum Gasteiger partial charge on any atom is -0.399 e. The summed E-state index contributed by atoms with van der Waals surface area (Å²) in [6.07, 6.45) is 5.50. The van der Waals surface area contributed by atoms with Gasteiger partial charge in [0, 0.05) is 12.2 Å². The van der Waals surface area contributed by atoms with E-state index in [0.717, 1.165) is 18.2 Å². The predicted molar refractivity (Wildman–Crippen MR) is 73.8 cm³/mol. The van der Waals surface area contributed by atoms with Gasteiger partial charge in [-0.2, -0.15) is 0 Å². The van der Waals surface area contributed by atoms with Gasteiger partial charge in [0.05, 0.1) is 0 Å². The van der Waals surface area contributed by atoms with E-state index in [1.54, 1.807) is 0 Å². The smallest absolute Gasteiger partial charge is 0.0314 e. The van der Waals surface area contributed by atoms with Gasteiger partial charge in [0.15, 0.2) is 0 Å². The molecule has 0 unspecified atom stereocenters. The van der Waals surface area contributed by atoms with E-state index in [1.165, 1.54) is 44.3 Å². The van der Waals surface area contributed by atoms with E-state index < -0.39 is 0 Å². The molecular formula is C15H24N2. The average molecular weight is 232 g/mol. The zero-order chi connectivity index (χ0) is 12.1. The molecule has 2 heteroatoms. The highest BCUT2D eigenvalue weighted by atomic mass is 15.1. The minimum atomic E-state index is 0.857. The van der Waals surface area contributed by atoms with Crippen molar-refractivity contribution in [1.29, 1.82) is 0 Å². The SMILES string of the molecule is CCCC1CCN(Cc2ccc(N)cc2)CC1. The Kier molecular flexibility index (Phi) is 4.43. The first-order valence-electron chi connectivity index (χ1n) is 6.84. The number of nitrogens with two attached hydrogens (primary N) is 1. The fourth-order valence-corrected chi connectivity index (χ4v) is 2.72. The van der Waals surface area contributed by atoms with Gasteiger partial charge >= 0.3 is 0 Å². The molecule has 17 heavy (non-hydrogen) atoms. The fraction of sp³-hybridized carbons (Fsp3) is 0.600. The molecule has 2 nitrogen and oxygen atoms in total. The topological polar surface area (TPSA) is 29.3 Å². The number of anilines is 1. The molecule has 1 fully saturated rings. The molecule has 0 spiro atoms. The molecule has 0 saturated carbocycles. The van der Waals surface area contributed by atoms with Gasteiger partial charge in [-0.15, -0.1) is 0 Å². The maximum absolute atomic E-state index is 5.70. The van der Waals surface area contributed by atoms with Crippen LogP contribution < -0.4 is 5.73 Å². The largest absolute Gasteiger partial charge is 0.399 e. The summed E-state index contributed by atoms with van der Waals surface area (Å²) in [5.41, 5.74) is 7.94. The maximum atomic E-state index is 5.70. The van der Waals surface area contributed by atoms with E-state index in [0.29, 0.717) is 0 Å². The number of benzene rings is 1. The zero-order valence-electron chi connectivity index (χ0n) is 10.9. The molecule has 0 amide bonds. The summed E-state index contributed by atoms with van der Waals surface area (Å²) in [6, 6.07) is 8.29. The molecule has 1 saturated heterocycles. The fourth-order valence-electron chi connectivity index (χ4n) is 2.72. The molecular weight excluding hydrogens is 208 g/mol. The van der Waals surface area contributed by atoms with E-state index in [2.05, 4.69) is 24.0 Å². The van der Waals surface area contributed by atoms with Gasteiger partial charge in [0.2, 0.25) is 0 Å². The molecule has 0 aliphatic carbocycles. The third-order valence-electron chi connectivity index (χ3n) is 3.79. The van der Waals surface area contributed by atoms with Crippen LogP contribution in [-0.2, 0) is 6.54 Å². The first kappa shape index (κ1) is 12.4. The predicted octanol–water partition coefficient (Wildman–Crippen LogP) is 3.28. The van der Waals surface area contributed by atoms with E-state index in [9.17, 15) is 0 Å². The van der Waals surface area contributed by atoms with Crippen LogP contribution in [0, 0.1) is 5.92 Å². The molecule has 1 aliphatic rings. The molecule has 0 aromatic heterocycles. The van der Waals surface area contributed by atoms with Gasteiger partial charge in [-0.1, -0.05) is 31.9 Å². The van der Waals surface area contributed by atoms with Crippen molar-refractivity contribution in [3.05, 3.63) is 29.8 Å².